The molecule has 2 aromatic carbocycles. The van der Waals surface area contributed by atoms with Crippen molar-refractivity contribution in [1.82, 2.24) is 0 Å². The zero-order valence-corrected chi connectivity index (χ0v) is 15.1. The lowest BCUT2D eigenvalue weighted by Gasteiger charge is -2.25. The lowest BCUT2D eigenvalue weighted by molar-refractivity contribution is -0.143. The van der Waals surface area contributed by atoms with E-state index in [9.17, 15) is 13.2 Å². The summed E-state index contributed by atoms with van der Waals surface area (Å²) in [7, 11) is -3.51. The van der Waals surface area contributed by atoms with Crippen LogP contribution in [-0.2, 0) is 25.8 Å². The van der Waals surface area contributed by atoms with Crippen LogP contribution in [0.4, 0.5) is 0 Å². The summed E-state index contributed by atoms with van der Waals surface area (Å²) < 4.78 is 30.6. The number of rotatable bonds is 5. The number of ether oxygens (including phenoxy) is 1. The number of hydrogen-bond acceptors (Lipinski definition) is 4. The van der Waals surface area contributed by atoms with Gasteiger partial charge in [-0.15, -0.1) is 0 Å². The van der Waals surface area contributed by atoms with Crippen LogP contribution in [0.15, 0.2) is 58.3 Å². The van der Waals surface area contributed by atoms with E-state index in [0.29, 0.717) is 22.8 Å². The second kappa shape index (κ2) is 7.40. The van der Waals surface area contributed by atoms with Crippen molar-refractivity contribution in [2.45, 2.75) is 48.3 Å². The maximum Gasteiger partial charge on any atom is 0.306 e. The highest BCUT2D eigenvalue weighted by molar-refractivity contribution is 7.91. The normalized spacial score (nSPS) is 16.9. The smallest absolute Gasteiger partial charge is 0.306 e. The molecule has 1 atom stereocenters. The van der Waals surface area contributed by atoms with E-state index in [1.54, 1.807) is 49.4 Å². The van der Waals surface area contributed by atoms with Crippen molar-refractivity contribution in [2.75, 3.05) is 6.61 Å². The van der Waals surface area contributed by atoms with E-state index in [1.807, 2.05) is 6.07 Å². The summed E-state index contributed by atoms with van der Waals surface area (Å²) in [6.07, 6.45) is 3.07. The van der Waals surface area contributed by atoms with Crippen LogP contribution in [-0.4, -0.2) is 21.0 Å². The van der Waals surface area contributed by atoms with E-state index >= 15 is 0 Å². The molecule has 132 valence electrons. The minimum Gasteiger partial charge on any atom is -0.466 e. The van der Waals surface area contributed by atoms with Gasteiger partial charge in [0.05, 0.1) is 22.8 Å². The Morgan fingerprint density at radius 3 is 2.60 bits per heavy atom. The molecule has 0 N–H and O–H groups in total. The van der Waals surface area contributed by atoms with Crippen LogP contribution >= 0.6 is 0 Å². The first kappa shape index (κ1) is 17.7. The standard InChI is InChI=1S/C20H22O4S/c1-2-24-20(21)14-16-8-6-7-15-13-18(11-12-19(15)16)25(22,23)17-9-4-3-5-10-17/h3-5,9-13,16H,2,6-8,14H2,1H3. The van der Waals surface area contributed by atoms with Crippen molar-refractivity contribution in [3.05, 3.63) is 59.7 Å². The van der Waals surface area contributed by atoms with Gasteiger partial charge in [0.1, 0.15) is 0 Å². The van der Waals surface area contributed by atoms with Gasteiger partial charge in [-0.3, -0.25) is 4.79 Å². The summed E-state index contributed by atoms with van der Waals surface area (Å²) in [5.74, 6) is -0.0855. The zero-order chi connectivity index (χ0) is 17.9. The molecule has 4 nitrogen and oxygen atoms in total. The molecule has 0 spiro atoms. The number of sulfone groups is 1. The molecule has 2 aromatic rings. The maximum atomic E-state index is 12.8. The Bertz CT molecular complexity index is 857. The second-order valence-electron chi connectivity index (χ2n) is 6.28. The van der Waals surface area contributed by atoms with Crippen LogP contribution in [0.3, 0.4) is 0 Å². The number of hydrogen-bond donors (Lipinski definition) is 0. The predicted octanol–water partition coefficient (Wildman–Crippen LogP) is 3.89. The summed E-state index contributed by atoms with van der Waals surface area (Å²) in [6, 6.07) is 13.8. The van der Waals surface area contributed by atoms with E-state index in [0.717, 1.165) is 30.4 Å². The molecule has 0 radical (unpaired) electrons. The molecular formula is C20H22O4S. The molecule has 5 heteroatoms. The number of esters is 1. The molecule has 0 fully saturated rings. The lowest BCUT2D eigenvalue weighted by Crippen LogP contribution is -2.16. The van der Waals surface area contributed by atoms with Crippen LogP contribution in [0.25, 0.3) is 0 Å². The first-order valence-electron chi connectivity index (χ1n) is 8.61. The summed E-state index contributed by atoms with van der Waals surface area (Å²) >= 11 is 0. The van der Waals surface area contributed by atoms with Crippen LogP contribution in [0.1, 0.15) is 43.2 Å². The van der Waals surface area contributed by atoms with Crippen molar-refractivity contribution in [3.8, 4) is 0 Å². The molecule has 1 aliphatic carbocycles. The van der Waals surface area contributed by atoms with Gasteiger partial charge in [0.2, 0.25) is 9.84 Å². The first-order chi connectivity index (χ1) is 12.0. The number of carbonyl (C=O) groups is 1. The highest BCUT2D eigenvalue weighted by Crippen LogP contribution is 2.36. The van der Waals surface area contributed by atoms with Crippen LogP contribution in [0.2, 0.25) is 0 Å². The van der Waals surface area contributed by atoms with Crippen LogP contribution in [0, 0.1) is 0 Å². The second-order valence-corrected chi connectivity index (χ2v) is 8.23. The van der Waals surface area contributed by atoms with Gasteiger partial charge in [-0.25, -0.2) is 8.42 Å². The highest BCUT2D eigenvalue weighted by Gasteiger charge is 2.26. The van der Waals surface area contributed by atoms with Gasteiger partial charge in [0, 0.05) is 0 Å². The molecular weight excluding hydrogens is 336 g/mol. The van der Waals surface area contributed by atoms with Gasteiger partial charge in [0.25, 0.3) is 0 Å². The Balaban J connectivity index is 1.91. The molecule has 1 unspecified atom stereocenters. The van der Waals surface area contributed by atoms with Gasteiger partial charge in [0.15, 0.2) is 0 Å². The predicted molar refractivity (Wildman–Crippen MR) is 95.3 cm³/mol. The van der Waals surface area contributed by atoms with Crippen molar-refractivity contribution in [1.29, 1.82) is 0 Å². The van der Waals surface area contributed by atoms with Crippen molar-refractivity contribution < 1.29 is 17.9 Å². The van der Waals surface area contributed by atoms with Crippen molar-refractivity contribution in [2.24, 2.45) is 0 Å². The minimum absolute atomic E-state index is 0.108. The fourth-order valence-corrected chi connectivity index (χ4v) is 4.76. The number of carbonyl (C=O) groups excluding carboxylic acids is 1. The quantitative estimate of drug-likeness (QED) is 0.761. The summed E-state index contributed by atoms with van der Waals surface area (Å²) in [4.78, 5) is 12.4. The van der Waals surface area contributed by atoms with Gasteiger partial charge >= 0.3 is 5.97 Å². The Labute approximate surface area is 148 Å². The van der Waals surface area contributed by atoms with Gasteiger partial charge in [-0.2, -0.15) is 0 Å². The SMILES string of the molecule is CCOC(=O)CC1CCCc2cc(S(=O)(=O)c3ccccc3)ccc21. The van der Waals surface area contributed by atoms with Gasteiger partial charge in [-0.1, -0.05) is 24.3 Å². The van der Waals surface area contributed by atoms with E-state index in [1.165, 1.54) is 0 Å². The first-order valence-corrected chi connectivity index (χ1v) is 10.1. The average Bonchev–Trinajstić information content (AvgIpc) is 2.62. The highest BCUT2D eigenvalue weighted by atomic mass is 32.2. The Morgan fingerprint density at radius 1 is 1.12 bits per heavy atom. The molecule has 0 aromatic heterocycles. The van der Waals surface area contributed by atoms with Crippen LogP contribution < -0.4 is 0 Å². The molecule has 0 bridgehead atoms. The van der Waals surface area contributed by atoms with E-state index < -0.39 is 9.84 Å². The van der Waals surface area contributed by atoms with Gasteiger partial charge in [-0.05, 0) is 67.5 Å². The topological polar surface area (TPSA) is 60.4 Å². The van der Waals surface area contributed by atoms with Gasteiger partial charge < -0.3 is 4.74 Å². The van der Waals surface area contributed by atoms with E-state index in [4.69, 9.17) is 4.74 Å². The summed E-state index contributed by atoms with van der Waals surface area (Å²) in [5.41, 5.74) is 2.10. The van der Waals surface area contributed by atoms with Crippen molar-refractivity contribution in [3.63, 3.8) is 0 Å². The average molecular weight is 358 g/mol. The molecule has 3 rings (SSSR count). The third kappa shape index (κ3) is 3.76. The lowest BCUT2D eigenvalue weighted by atomic mass is 9.81. The molecule has 0 amide bonds. The Morgan fingerprint density at radius 2 is 1.88 bits per heavy atom. The van der Waals surface area contributed by atoms with E-state index in [-0.39, 0.29) is 11.9 Å². The Hall–Kier alpha value is -2.14. The number of aryl methyl sites for hydroxylation is 1. The zero-order valence-electron chi connectivity index (χ0n) is 14.3. The molecule has 0 heterocycles. The molecule has 1 aliphatic rings. The fraction of sp³-hybridized carbons (Fsp3) is 0.350. The van der Waals surface area contributed by atoms with Crippen LogP contribution in [0.5, 0.6) is 0 Å². The Kier molecular flexibility index (Phi) is 5.23. The third-order valence-electron chi connectivity index (χ3n) is 4.64. The van der Waals surface area contributed by atoms with E-state index in [2.05, 4.69) is 0 Å². The summed E-state index contributed by atoms with van der Waals surface area (Å²) in [5, 5.41) is 0. The number of fused-ring (bicyclic) bond motifs is 1. The molecule has 25 heavy (non-hydrogen) atoms. The minimum atomic E-state index is -3.51. The molecule has 0 saturated carbocycles. The maximum absolute atomic E-state index is 12.8. The third-order valence-corrected chi connectivity index (χ3v) is 6.40. The van der Waals surface area contributed by atoms with Crippen molar-refractivity contribution >= 4 is 15.8 Å². The largest absolute Gasteiger partial charge is 0.466 e. The fourth-order valence-electron chi connectivity index (χ4n) is 3.43. The summed E-state index contributed by atoms with van der Waals surface area (Å²) in [6.45, 7) is 2.18. The number of benzene rings is 2. The molecule has 0 saturated heterocycles. The molecule has 0 aliphatic heterocycles. The monoisotopic (exact) mass is 358 g/mol.